The Morgan fingerprint density at radius 1 is 1.35 bits per heavy atom. The van der Waals surface area contributed by atoms with Crippen molar-refractivity contribution >= 4 is 11.7 Å². The van der Waals surface area contributed by atoms with Gasteiger partial charge in [0.05, 0.1) is 13.2 Å². The normalized spacial score (nSPS) is 21.0. The van der Waals surface area contributed by atoms with Crippen molar-refractivity contribution in [2.75, 3.05) is 38.2 Å². The summed E-state index contributed by atoms with van der Waals surface area (Å²) in [4.78, 5) is 21.2. The number of ether oxygens (including phenoxy) is 1. The first-order chi connectivity index (χ1) is 11.1. The van der Waals surface area contributed by atoms with Crippen molar-refractivity contribution in [3.63, 3.8) is 0 Å². The van der Waals surface area contributed by atoms with Crippen LogP contribution in [0.2, 0.25) is 0 Å². The van der Waals surface area contributed by atoms with E-state index < -0.39 is 0 Å². The maximum atomic E-state index is 12.1. The van der Waals surface area contributed by atoms with Crippen LogP contribution in [0.5, 0.6) is 0 Å². The Kier molecular flexibility index (Phi) is 5.07. The van der Waals surface area contributed by atoms with E-state index in [2.05, 4.69) is 25.9 Å². The molecule has 1 unspecified atom stereocenters. The van der Waals surface area contributed by atoms with Crippen molar-refractivity contribution in [3.8, 4) is 0 Å². The molecule has 1 amide bonds. The van der Waals surface area contributed by atoms with Crippen LogP contribution in [0.4, 0.5) is 5.82 Å². The van der Waals surface area contributed by atoms with Gasteiger partial charge in [0.15, 0.2) is 0 Å². The van der Waals surface area contributed by atoms with Crippen LogP contribution >= 0.6 is 0 Å². The molecule has 0 aromatic carbocycles. The fraction of sp³-hybridized carbons (Fsp3) is 0.688. The molecule has 2 aliphatic rings. The van der Waals surface area contributed by atoms with Crippen molar-refractivity contribution < 1.29 is 9.53 Å². The minimum absolute atomic E-state index is 0.0963. The lowest BCUT2D eigenvalue weighted by Gasteiger charge is -2.25. The molecule has 3 heterocycles. The van der Waals surface area contributed by atoms with Gasteiger partial charge in [-0.25, -0.2) is 9.97 Å². The quantitative estimate of drug-likeness (QED) is 0.739. The SMILES string of the molecule is CC(C)c1nc(NCCC2COCCN2)c2c(n1)C(=O)NCC2. The topological polar surface area (TPSA) is 88.2 Å². The lowest BCUT2D eigenvalue weighted by molar-refractivity contribution is 0.0753. The van der Waals surface area contributed by atoms with E-state index >= 15 is 0 Å². The summed E-state index contributed by atoms with van der Waals surface area (Å²) in [6.07, 6.45) is 1.73. The highest BCUT2D eigenvalue weighted by Gasteiger charge is 2.24. The van der Waals surface area contributed by atoms with Crippen molar-refractivity contribution in [3.05, 3.63) is 17.1 Å². The lowest BCUT2D eigenvalue weighted by atomic mass is 10.0. The average molecular weight is 319 g/mol. The summed E-state index contributed by atoms with van der Waals surface area (Å²) in [6.45, 7) is 7.96. The number of nitrogens with zero attached hydrogens (tertiary/aromatic N) is 2. The third-order valence-electron chi connectivity index (χ3n) is 4.20. The molecule has 0 radical (unpaired) electrons. The summed E-state index contributed by atoms with van der Waals surface area (Å²) in [5.74, 6) is 1.61. The van der Waals surface area contributed by atoms with Crippen molar-refractivity contribution in [1.82, 2.24) is 20.6 Å². The number of amides is 1. The van der Waals surface area contributed by atoms with Crippen LogP contribution < -0.4 is 16.0 Å². The van der Waals surface area contributed by atoms with E-state index in [1.165, 1.54) is 0 Å². The molecule has 1 atom stereocenters. The third kappa shape index (κ3) is 3.79. The second-order valence-corrected chi connectivity index (χ2v) is 6.36. The molecule has 2 aliphatic heterocycles. The Labute approximate surface area is 136 Å². The van der Waals surface area contributed by atoms with Crippen LogP contribution in [0.15, 0.2) is 0 Å². The van der Waals surface area contributed by atoms with Gasteiger partial charge >= 0.3 is 0 Å². The van der Waals surface area contributed by atoms with Gasteiger partial charge in [0.1, 0.15) is 17.3 Å². The average Bonchev–Trinajstić information content (AvgIpc) is 2.56. The third-order valence-corrected chi connectivity index (χ3v) is 4.20. The van der Waals surface area contributed by atoms with E-state index in [1.54, 1.807) is 0 Å². The zero-order valence-electron chi connectivity index (χ0n) is 13.8. The Balaban J connectivity index is 1.73. The number of fused-ring (bicyclic) bond motifs is 1. The van der Waals surface area contributed by atoms with Gasteiger partial charge in [0.2, 0.25) is 0 Å². The van der Waals surface area contributed by atoms with Gasteiger partial charge in [-0.05, 0) is 12.8 Å². The number of aromatic nitrogens is 2. The summed E-state index contributed by atoms with van der Waals surface area (Å²) in [5.41, 5.74) is 1.46. The van der Waals surface area contributed by atoms with Crippen molar-refractivity contribution in [2.24, 2.45) is 0 Å². The van der Waals surface area contributed by atoms with Crippen LogP contribution in [-0.4, -0.2) is 54.8 Å². The molecule has 1 fully saturated rings. The monoisotopic (exact) mass is 319 g/mol. The van der Waals surface area contributed by atoms with Crippen LogP contribution in [0, 0.1) is 0 Å². The van der Waals surface area contributed by atoms with Gasteiger partial charge < -0.3 is 20.7 Å². The molecule has 7 heteroatoms. The fourth-order valence-corrected chi connectivity index (χ4v) is 2.88. The molecule has 3 rings (SSSR count). The van der Waals surface area contributed by atoms with Crippen molar-refractivity contribution in [2.45, 2.75) is 38.6 Å². The van der Waals surface area contributed by atoms with E-state index in [-0.39, 0.29) is 11.8 Å². The number of hydrogen-bond acceptors (Lipinski definition) is 6. The Bertz CT molecular complexity index is 570. The van der Waals surface area contributed by atoms with E-state index in [4.69, 9.17) is 4.74 Å². The van der Waals surface area contributed by atoms with Gasteiger partial charge in [-0.1, -0.05) is 13.8 Å². The number of carbonyl (C=O) groups is 1. The minimum Gasteiger partial charge on any atom is -0.379 e. The maximum Gasteiger partial charge on any atom is 0.270 e. The predicted octanol–water partition coefficient (Wildman–Crippen LogP) is 0.676. The predicted molar refractivity (Wildman–Crippen MR) is 87.9 cm³/mol. The Morgan fingerprint density at radius 3 is 2.96 bits per heavy atom. The van der Waals surface area contributed by atoms with Crippen LogP contribution in [0.25, 0.3) is 0 Å². The smallest absolute Gasteiger partial charge is 0.270 e. The molecule has 1 aromatic rings. The molecule has 0 bridgehead atoms. The van der Waals surface area contributed by atoms with Crippen LogP contribution in [-0.2, 0) is 11.2 Å². The minimum atomic E-state index is -0.0963. The molecular formula is C16H25N5O2. The van der Waals surface area contributed by atoms with Gasteiger partial charge in [-0.3, -0.25) is 4.79 Å². The van der Waals surface area contributed by atoms with E-state index in [1.807, 2.05) is 13.8 Å². The van der Waals surface area contributed by atoms with E-state index in [0.717, 1.165) is 50.5 Å². The number of carbonyl (C=O) groups excluding carboxylic acids is 1. The van der Waals surface area contributed by atoms with Gasteiger partial charge in [0, 0.05) is 37.2 Å². The highest BCUT2D eigenvalue weighted by molar-refractivity contribution is 5.96. The first-order valence-electron chi connectivity index (χ1n) is 8.39. The van der Waals surface area contributed by atoms with Gasteiger partial charge in [0.25, 0.3) is 5.91 Å². The molecule has 1 saturated heterocycles. The molecule has 0 saturated carbocycles. The van der Waals surface area contributed by atoms with Gasteiger partial charge in [-0.2, -0.15) is 0 Å². The standard InChI is InChI=1S/C16H25N5O2/c1-10(2)14-20-13-12(4-6-19-16(13)22)15(21-14)18-5-3-11-9-23-8-7-17-11/h10-11,17H,3-9H2,1-2H3,(H,19,22)(H,18,20,21). The summed E-state index contributed by atoms with van der Waals surface area (Å²) in [7, 11) is 0. The molecule has 1 aromatic heterocycles. The second kappa shape index (κ2) is 7.23. The largest absolute Gasteiger partial charge is 0.379 e. The number of hydrogen-bond donors (Lipinski definition) is 3. The second-order valence-electron chi connectivity index (χ2n) is 6.36. The Morgan fingerprint density at radius 2 is 2.22 bits per heavy atom. The number of rotatable bonds is 5. The summed E-state index contributed by atoms with van der Waals surface area (Å²) >= 11 is 0. The molecule has 7 nitrogen and oxygen atoms in total. The molecule has 0 aliphatic carbocycles. The highest BCUT2D eigenvalue weighted by Crippen LogP contribution is 2.23. The summed E-state index contributed by atoms with van der Waals surface area (Å²) in [6, 6.07) is 0.377. The van der Waals surface area contributed by atoms with Gasteiger partial charge in [-0.15, -0.1) is 0 Å². The summed E-state index contributed by atoms with van der Waals surface area (Å²) < 4.78 is 5.47. The molecule has 3 N–H and O–H groups in total. The maximum absolute atomic E-state index is 12.1. The van der Waals surface area contributed by atoms with E-state index in [0.29, 0.717) is 24.1 Å². The first-order valence-corrected chi connectivity index (χ1v) is 8.39. The van der Waals surface area contributed by atoms with E-state index in [9.17, 15) is 4.79 Å². The zero-order chi connectivity index (χ0) is 16.2. The van der Waals surface area contributed by atoms with Crippen LogP contribution in [0.3, 0.4) is 0 Å². The van der Waals surface area contributed by atoms with Crippen LogP contribution in [0.1, 0.15) is 48.1 Å². The number of morpholine rings is 1. The molecule has 23 heavy (non-hydrogen) atoms. The number of anilines is 1. The fourth-order valence-electron chi connectivity index (χ4n) is 2.88. The van der Waals surface area contributed by atoms with Crippen molar-refractivity contribution in [1.29, 1.82) is 0 Å². The molecule has 0 spiro atoms. The summed E-state index contributed by atoms with van der Waals surface area (Å²) in [5, 5.41) is 9.71. The molecule has 126 valence electrons. The Hall–Kier alpha value is -1.73. The lowest BCUT2D eigenvalue weighted by Crippen LogP contribution is -2.42. The molecular weight excluding hydrogens is 294 g/mol. The highest BCUT2D eigenvalue weighted by atomic mass is 16.5. The zero-order valence-corrected chi connectivity index (χ0v) is 13.8. The first kappa shape index (κ1) is 16.1. The number of nitrogens with one attached hydrogen (secondary N) is 3.